The van der Waals surface area contributed by atoms with E-state index in [0.717, 1.165) is 10.4 Å². The average molecular weight is 471 g/mol. The minimum Gasteiger partial charge on any atom is -0.352 e. The van der Waals surface area contributed by atoms with Crippen molar-refractivity contribution in [2.75, 3.05) is 10.6 Å². The van der Waals surface area contributed by atoms with Crippen LogP contribution in [-0.4, -0.2) is 22.7 Å². The number of amides is 3. The number of hydrogen-bond acceptors (Lipinski definition) is 6. The van der Waals surface area contributed by atoms with Crippen LogP contribution in [-0.2, 0) is 33.8 Å². The van der Waals surface area contributed by atoms with Crippen LogP contribution in [0.1, 0.15) is 36.4 Å². The topological polar surface area (TPSA) is 100 Å². The maximum atomic E-state index is 12.3. The molecule has 0 saturated heterocycles. The highest BCUT2D eigenvalue weighted by Gasteiger charge is 2.11. The molecule has 168 valence electrons. The lowest BCUT2D eigenvalue weighted by atomic mass is 10.1. The minimum atomic E-state index is -0.166. The van der Waals surface area contributed by atoms with Crippen molar-refractivity contribution in [1.29, 1.82) is 0 Å². The third-order valence-corrected chi connectivity index (χ3v) is 6.03. The Balaban J connectivity index is 1.44. The maximum Gasteiger partial charge on any atom is 0.231 e. The molecule has 9 heteroatoms. The zero-order valence-corrected chi connectivity index (χ0v) is 19.6. The SMILES string of the molecule is CC(C)CC(=O)Nc1cccc(CNC(=O)Cc2csc(NC(=O)Cc3cccs3)n2)c1. The van der Waals surface area contributed by atoms with Gasteiger partial charge in [-0.2, -0.15) is 0 Å². The molecule has 0 aliphatic carbocycles. The predicted octanol–water partition coefficient (Wildman–Crippen LogP) is 4.23. The summed E-state index contributed by atoms with van der Waals surface area (Å²) < 4.78 is 0. The molecule has 0 aliphatic heterocycles. The van der Waals surface area contributed by atoms with Crippen LogP contribution in [0.3, 0.4) is 0 Å². The first kappa shape index (κ1) is 23.6. The highest BCUT2D eigenvalue weighted by atomic mass is 32.1. The highest BCUT2D eigenvalue weighted by Crippen LogP contribution is 2.17. The van der Waals surface area contributed by atoms with Gasteiger partial charge in [0.25, 0.3) is 0 Å². The van der Waals surface area contributed by atoms with Gasteiger partial charge in [0, 0.05) is 28.9 Å². The number of thiophene rings is 1. The average Bonchev–Trinajstić information content (AvgIpc) is 3.38. The van der Waals surface area contributed by atoms with Gasteiger partial charge >= 0.3 is 0 Å². The van der Waals surface area contributed by atoms with Crippen molar-refractivity contribution in [3.05, 3.63) is 63.3 Å². The maximum absolute atomic E-state index is 12.3. The predicted molar refractivity (Wildman–Crippen MR) is 129 cm³/mol. The van der Waals surface area contributed by atoms with Crippen LogP contribution in [0, 0.1) is 5.92 Å². The molecular formula is C23H26N4O3S2. The van der Waals surface area contributed by atoms with Gasteiger partial charge in [-0.15, -0.1) is 22.7 Å². The van der Waals surface area contributed by atoms with Crippen LogP contribution < -0.4 is 16.0 Å². The molecule has 3 aromatic rings. The van der Waals surface area contributed by atoms with E-state index in [-0.39, 0.29) is 30.1 Å². The molecule has 3 amide bonds. The smallest absolute Gasteiger partial charge is 0.231 e. The molecule has 0 atom stereocenters. The third-order valence-electron chi connectivity index (χ3n) is 4.35. The molecule has 0 fully saturated rings. The summed E-state index contributed by atoms with van der Waals surface area (Å²) in [6.45, 7) is 4.34. The van der Waals surface area contributed by atoms with Gasteiger partial charge in [0.05, 0.1) is 18.5 Å². The number of nitrogens with zero attached hydrogens (tertiary/aromatic N) is 1. The van der Waals surface area contributed by atoms with E-state index in [4.69, 9.17) is 0 Å². The molecule has 7 nitrogen and oxygen atoms in total. The normalized spacial score (nSPS) is 10.7. The standard InChI is InChI=1S/C23H26N4O3S2/c1-15(2)9-21(29)25-17-6-3-5-16(10-17)13-24-20(28)11-18-14-32-23(26-18)27-22(30)12-19-7-4-8-31-19/h3-8,10,14-15H,9,11-13H2,1-2H3,(H,24,28)(H,25,29)(H,26,27,30). The third kappa shape index (κ3) is 7.90. The summed E-state index contributed by atoms with van der Waals surface area (Å²) in [4.78, 5) is 41.6. The van der Waals surface area contributed by atoms with E-state index in [0.29, 0.717) is 35.9 Å². The second-order valence-corrected chi connectivity index (χ2v) is 9.64. The van der Waals surface area contributed by atoms with Crippen molar-refractivity contribution in [1.82, 2.24) is 10.3 Å². The Hall–Kier alpha value is -3.04. The Morgan fingerprint density at radius 2 is 1.81 bits per heavy atom. The number of nitrogens with one attached hydrogen (secondary N) is 3. The number of anilines is 2. The monoisotopic (exact) mass is 470 g/mol. The van der Waals surface area contributed by atoms with E-state index in [1.54, 1.807) is 5.38 Å². The zero-order chi connectivity index (χ0) is 22.9. The number of rotatable bonds is 10. The van der Waals surface area contributed by atoms with Gasteiger partial charge in [0.2, 0.25) is 17.7 Å². The summed E-state index contributed by atoms with van der Waals surface area (Å²) in [7, 11) is 0. The van der Waals surface area contributed by atoms with E-state index < -0.39 is 0 Å². The van der Waals surface area contributed by atoms with Crippen molar-refractivity contribution in [2.45, 2.75) is 39.7 Å². The molecule has 32 heavy (non-hydrogen) atoms. The molecule has 0 bridgehead atoms. The summed E-state index contributed by atoms with van der Waals surface area (Å²) in [5.74, 6) is -0.0276. The van der Waals surface area contributed by atoms with Gasteiger partial charge in [-0.3, -0.25) is 14.4 Å². The summed E-state index contributed by atoms with van der Waals surface area (Å²) >= 11 is 2.83. The molecule has 1 aromatic carbocycles. The van der Waals surface area contributed by atoms with E-state index in [1.165, 1.54) is 22.7 Å². The largest absolute Gasteiger partial charge is 0.352 e. The first-order chi connectivity index (χ1) is 15.4. The quantitative estimate of drug-likeness (QED) is 0.413. The Morgan fingerprint density at radius 3 is 2.56 bits per heavy atom. The van der Waals surface area contributed by atoms with Crippen LogP contribution in [0.2, 0.25) is 0 Å². The van der Waals surface area contributed by atoms with Gasteiger partial charge in [0.15, 0.2) is 5.13 Å². The molecule has 3 rings (SSSR count). The fraction of sp³-hybridized carbons (Fsp3) is 0.304. The zero-order valence-electron chi connectivity index (χ0n) is 18.0. The van der Waals surface area contributed by atoms with E-state index in [1.807, 2.05) is 55.6 Å². The number of hydrogen-bond donors (Lipinski definition) is 3. The molecule has 0 unspecified atom stereocenters. The van der Waals surface area contributed by atoms with Crippen molar-refractivity contribution >= 4 is 51.2 Å². The Morgan fingerprint density at radius 1 is 0.969 bits per heavy atom. The van der Waals surface area contributed by atoms with Crippen LogP contribution in [0.5, 0.6) is 0 Å². The van der Waals surface area contributed by atoms with Crippen LogP contribution in [0.4, 0.5) is 10.8 Å². The highest BCUT2D eigenvalue weighted by molar-refractivity contribution is 7.14. The molecule has 0 spiro atoms. The molecule has 0 radical (unpaired) electrons. The van der Waals surface area contributed by atoms with E-state index >= 15 is 0 Å². The summed E-state index contributed by atoms with van der Waals surface area (Å²) in [6.07, 6.45) is 0.900. The van der Waals surface area contributed by atoms with Crippen molar-refractivity contribution in [2.24, 2.45) is 5.92 Å². The fourth-order valence-corrected chi connectivity index (χ4v) is 4.38. The molecular weight excluding hydrogens is 444 g/mol. The van der Waals surface area contributed by atoms with Crippen LogP contribution in [0.25, 0.3) is 0 Å². The number of benzene rings is 1. The first-order valence-corrected chi connectivity index (χ1v) is 12.1. The number of aromatic nitrogens is 1. The van der Waals surface area contributed by atoms with Crippen molar-refractivity contribution in [3.63, 3.8) is 0 Å². The summed E-state index contributed by atoms with van der Waals surface area (Å²) in [5.41, 5.74) is 2.21. The van der Waals surface area contributed by atoms with E-state index in [9.17, 15) is 14.4 Å². The first-order valence-electron chi connectivity index (χ1n) is 10.3. The second kappa shape index (κ2) is 11.5. The summed E-state index contributed by atoms with van der Waals surface area (Å²) in [5, 5.41) is 12.7. The molecule has 2 aromatic heterocycles. The number of carbonyl (C=O) groups is 3. The van der Waals surface area contributed by atoms with E-state index in [2.05, 4.69) is 20.9 Å². The lowest BCUT2D eigenvalue weighted by Crippen LogP contribution is -2.24. The van der Waals surface area contributed by atoms with Crippen LogP contribution in [0.15, 0.2) is 47.2 Å². The van der Waals surface area contributed by atoms with Crippen molar-refractivity contribution < 1.29 is 14.4 Å². The lowest BCUT2D eigenvalue weighted by Gasteiger charge is -2.09. The van der Waals surface area contributed by atoms with Crippen molar-refractivity contribution in [3.8, 4) is 0 Å². The Labute approximate surface area is 195 Å². The van der Waals surface area contributed by atoms with Gasteiger partial charge in [-0.25, -0.2) is 4.98 Å². The molecule has 3 N–H and O–H groups in total. The van der Waals surface area contributed by atoms with Crippen LogP contribution >= 0.6 is 22.7 Å². The number of thiazole rings is 1. The Kier molecular flexibility index (Phi) is 8.52. The van der Waals surface area contributed by atoms with Gasteiger partial charge < -0.3 is 16.0 Å². The molecule has 0 aliphatic rings. The number of carbonyl (C=O) groups excluding carboxylic acids is 3. The molecule has 2 heterocycles. The fourth-order valence-electron chi connectivity index (χ4n) is 2.95. The molecule has 0 saturated carbocycles. The van der Waals surface area contributed by atoms with Gasteiger partial charge in [-0.1, -0.05) is 32.0 Å². The van der Waals surface area contributed by atoms with Gasteiger partial charge in [-0.05, 0) is 35.1 Å². The minimum absolute atomic E-state index is 0.0250. The lowest BCUT2D eigenvalue weighted by molar-refractivity contribution is -0.120. The second-order valence-electron chi connectivity index (χ2n) is 7.75. The van der Waals surface area contributed by atoms with Gasteiger partial charge in [0.1, 0.15) is 0 Å². The summed E-state index contributed by atoms with van der Waals surface area (Å²) in [6, 6.07) is 11.2. The Bertz CT molecular complexity index is 1060.